The van der Waals surface area contributed by atoms with Crippen LogP contribution < -0.4 is 0 Å². The average molecular weight is 1470 g/mol. The van der Waals surface area contributed by atoms with Crippen LogP contribution in [0.1, 0.15) is 323 Å². The van der Waals surface area contributed by atoms with E-state index in [0.717, 1.165) is 173 Å². The van der Waals surface area contributed by atoms with Gasteiger partial charge in [0.05, 0.1) is 26.4 Å². The molecule has 19 heteroatoms. The van der Waals surface area contributed by atoms with E-state index in [2.05, 4.69) is 149 Å². The maximum Gasteiger partial charge on any atom is 0.472 e. The van der Waals surface area contributed by atoms with Crippen molar-refractivity contribution in [2.75, 3.05) is 39.6 Å². The van der Waals surface area contributed by atoms with E-state index in [0.29, 0.717) is 25.7 Å². The highest BCUT2D eigenvalue weighted by atomic mass is 31.2. The lowest BCUT2D eigenvalue weighted by atomic mass is 10.0. The molecule has 0 heterocycles. The first-order valence-electron chi connectivity index (χ1n) is 39.8. The van der Waals surface area contributed by atoms with Crippen LogP contribution in [0.15, 0.2) is 122 Å². The van der Waals surface area contributed by atoms with Gasteiger partial charge in [-0.1, -0.05) is 284 Å². The van der Waals surface area contributed by atoms with Crippen LogP contribution in [0.25, 0.3) is 0 Å². The summed E-state index contributed by atoms with van der Waals surface area (Å²) in [5.41, 5.74) is 0. The molecule has 0 aromatic carbocycles. The van der Waals surface area contributed by atoms with Gasteiger partial charge in [0.1, 0.15) is 19.3 Å². The molecule has 0 aliphatic rings. The van der Waals surface area contributed by atoms with Crippen molar-refractivity contribution in [1.29, 1.82) is 0 Å². The van der Waals surface area contributed by atoms with E-state index in [1.807, 2.05) is 0 Å². The second kappa shape index (κ2) is 74.7. The lowest BCUT2D eigenvalue weighted by Crippen LogP contribution is -2.30. The second-order valence-corrected chi connectivity index (χ2v) is 29.2. The van der Waals surface area contributed by atoms with Crippen LogP contribution in [0.4, 0.5) is 0 Å². The predicted molar refractivity (Wildman–Crippen MR) is 418 cm³/mol. The summed E-state index contributed by atoms with van der Waals surface area (Å²) in [5, 5.41) is 10.6. The summed E-state index contributed by atoms with van der Waals surface area (Å²) in [4.78, 5) is 73.0. The molecular formula is C83H142O17P2. The van der Waals surface area contributed by atoms with Crippen LogP contribution in [0, 0.1) is 0 Å². The molecular weight excluding hydrogens is 1330 g/mol. The zero-order valence-corrected chi connectivity index (χ0v) is 65.8. The number of phosphoric ester groups is 2. The van der Waals surface area contributed by atoms with Crippen molar-refractivity contribution in [2.24, 2.45) is 0 Å². The highest BCUT2D eigenvalue weighted by molar-refractivity contribution is 7.47. The number of ether oxygens (including phenoxy) is 4. The maximum absolute atomic E-state index is 13.1. The Morgan fingerprint density at radius 2 is 0.510 bits per heavy atom. The number of rotatable bonds is 74. The first-order valence-corrected chi connectivity index (χ1v) is 42.8. The molecule has 0 aromatic rings. The summed E-state index contributed by atoms with van der Waals surface area (Å²) in [6.45, 7) is 4.56. The third kappa shape index (κ3) is 73.8. The van der Waals surface area contributed by atoms with E-state index in [4.69, 9.17) is 37.0 Å². The van der Waals surface area contributed by atoms with Gasteiger partial charge in [-0.15, -0.1) is 0 Å². The summed E-state index contributed by atoms with van der Waals surface area (Å²) >= 11 is 0. The topological polar surface area (TPSA) is 237 Å². The number of aliphatic hydroxyl groups is 1. The molecule has 0 aromatic heterocycles. The molecule has 0 amide bonds. The van der Waals surface area contributed by atoms with E-state index < -0.39 is 97.5 Å². The second-order valence-electron chi connectivity index (χ2n) is 26.2. The minimum Gasteiger partial charge on any atom is -0.462 e. The van der Waals surface area contributed by atoms with Gasteiger partial charge in [0.2, 0.25) is 0 Å². The predicted octanol–water partition coefficient (Wildman–Crippen LogP) is 23.1. The number of allylic oxidation sites excluding steroid dienone is 20. The van der Waals surface area contributed by atoms with E-state index in [1.165, 1.54) is 70.6 Å². The van der Waals surface area contributed by atoms with Gasteiger partial charge in [0.15, 0.2) is 12.2 Å². The van der Waals surface area contributed by atoms with Gasteiger partial charge in [-0.2, -0.15) is 0 Å². The highest BCUT2D eigenvalue weighted by Crippen LogP contribution is 2.45. The van der Waals surface area contributed by atoms with Crippen LogP contribution in [0.2, 0.25) is 0 Å². The molecule has 102 heavy (non-hydrogen) atoms. The number of unbranched alkanes of at least 4 members (excludes halogenated alkanes) is 28. The molecule has 3 N–H and O–H groups in total. The molecule has 5 unspecified atom stereocenters. The fourth-order valence-electron chi connectivity index (χ4n) is 10.4. The van der Waals surface area contributed by atoms with Crippen molar-refractivity contribution in [3.63, 3.8) is 0 Å². The van der Waals surface area contributed by atoms with Crippen LogP contribution in [-0.2, 0) is 65.4 Å². The summed E-state index contributed by atoms with van der Waals surface area (Å²) in [6, 6.07) is 0. The number of carbonyl (C=O) groups excluding carboxylic acids is 4. The lowest BCUT2D eigenvalue weighted by Gasteiger charge is -2.21. The standard InChI is InChI=1S/C83H142O17P2/c1-5-9-13-17-21-25-29-33-36-37-38-39-42-45-48-52-56-60-64-68-81(86)94-74-79(100-83(88)70-66-62-58-54-50-46-41-35-31-27-23-19-15-11-7-3)76-98-102(91,92)96-72-77(84)71-95-101(89,90)97-75-78(99-82(87)69-65-61-57-53-49-43-32-28-24-20-16-12-8-4)73-93-80(85)67-63-59-55-51-47-44-40-34-30-26-22-18-14-10-6-2/h9-10,13-14,21-23,25-27,33-36,38-41,47,51,77-79,84H,5-8,11-12,15-20,24,28-32,37,42-46,48-50,52-76H2,1-4H3,(H,89,90)(H,91,92)/b13-9-,14-10-,25-21-,26-22-,27-23-,36-33-,39-38-,40-34-,41-35-,51-47-. The van der Waals surface area contributed by atoms with Crippen molar-refractivity contribution in [3.8, 4) is 0 Å². The van der Waals surface area contributed by atoms with Crippen molar-refractivity contribution < 1.29 is 80.2 Å². The first kappa shape index (κ1) is 97.5. The van der Waals surface area contributed by atoms with Crippen LogP contribution in [0.5, 0.6) is 0 Å². The number of esters is 4. The molecule has 5 atom stereocenters. The molecule has 0 bridgehead atoms. The Morgan fingerprint density at radius 1 is 0.284 bits per heavy atom. The Bertz CT molecular complexity index is 2410. The Balaban J connectivity index is 5.39. The minimum atomic E-state index is -4.99. The van der Waals surface area contributed by atoms with Gasteiger partial charge in [-0.05, 0) is 135 Å². The Kier molecular flexibility index (Phi) is 71.4. The van der Waals surface area contributed by atoms with Crippen molar-refractivity contribution >= 4 is 39.5 Å². The van der Waals surface area contributed by atoms with Gasteiger partial charge in [0, 0.05) is 25.7 Å². The van der Waals surface area contributed by atoms with Crippen LogP contribution >= 0.6 is 15.6 Å². The van der Waals surface area contributed by atoms with Gasteiger partial charge >= 0.3 is 39.5 Å². The zero-order chi connectivity index (χ0) is 74.6. The molecule has 0 fully saturated rings. The molecule has 0 aliphatic heterocycles. The average Bonchev–Trinajstić information content (AvgIpc) is 0.924. The van der Waals surface area contributed by atoms with Gasteiger partial charge in [-0.25, -0.2) is 9.13 Å². The van der Waals surface area contributed by atoms with Crippen molar-refractivity contribution in [3.05, 3.63) is 122 Å². The SMILES string of the molecule is CC/C=C\C/C=C\C/C=C\C/C=C\CCCCCCCCC(=O)OCC(COP(=O)(O)OCC(O)COP(=O)(O)OCC(COC(=O)CCCC/C=C\C/C=C\C/C=C\C/C=C\CC)OC(=O)CCCCCCCCCCCCCCC)OC(=O)CCCCCCC/C=C\C/C=C\CCCCC. The summed E-state index contributed by atoms with van der Waals surface area (Å²) in [7, 11) is -9.97. The first-order chi connectivity index (χ1) is 49.7. The van der Waals surface area contributed by atoms with Crippen LogP contribution in [0.3, 0.4) is 0 Å². The number of hydrogen-bond donors (Lipinski definition) is 3. The quantitative estimate of drug-likeness (QED) is 0.0169. The highest BCUT2D eigenvalue weighted by Gasteiger charge is 2.30. The Labute approximate surface area is 619 Å². The number of aliphatic hydroxyl groups excluding tert-OH is 1. The molecule has 0 radical (unpaired) electrons. The van der Waals surface area contributed by atoms with Crippen molar-refractivity contribution in [1.82, 2.24) is 0 Å². The van der Waals surface area contributed by atoms with E-state index in [-0.39, 0.29) is 25.7 Å². The number of carbonyl (C=O) groups is 4. The molecule has 0 spiro atoms. The summed E-state index contributed by atoms with van der Waals surface area (Å²) in [6.07, 6.45) is 81.8. The lowest BCUT2D eigenvalue weighted by molar-refractivity contribution is -0.161. The Hall–Kier alpha value is -4.54. The molecule has 0 saturated carbocycles. The molecule has 0 saturated heterocycles. The summed E-state index contributed by atoms with van der Waals surface area (Å²) in [5.74, 6) is -2.24. The molecule has 0 aliphatic carbocycles. The number of hydrogen-bond acceptors (Lipinski definition) is 15. The van der Waals surface area contributed by atoms with Crippen molar-refractivity contribution in [2.45, 2.75) is 341 Å². The smallest absolute Gasteiger partial charge is 0.462 e. The molecule has 586 valence electrons. The normalized spacial score (nSPS) is 14.5. The van der Waals surface area contributed by atoms with E-state index in [9.17, 15) is 43.2 Å². The van der Waals surface area contributed by atoms with E-state index in [1.54, 1.807) is 0 Å². The fourth-order valence-corrected chi connectivity index (χ4v) is 12.0. The maximum atomic E-state index is 13.1. The zero-order valence-electron chi connectivity index (χ0n) is 64.0. The Morgan fingerprint density at radius 3 is 0.824 bits per heavy atom. The molecule has 0 rings (SSSR count). The third-order valence-corrected chi connectivity index (χ3v) is 18.3. The van der Waals surface area contributed by atoms with Gasteiger partial charge < -0.3 is 33.8 Å². The van der Waals surface area contributed by atoms with Gasteiger partial charge in [0.25, 0.3) is 0 Å². The third-order valence-electron chi connectivity index (χ3n) is 16.4. The molecule has 17 nitrogen and oxygen atoms in total. The van der Waals surface area contributed by atoms with E-state index >= 15 is 0 Å². The monoisotopic (exact) mass is 1470 g/mol. The van der Waals surface area contributed by atoms with Gasteiger partial charge in [-0.3, -0.25) is 37.3 Å². The number of phosphoric acid groups is 2. The largest absolute Gasteiger partial charge is 0.472 e. The summed E-state index contributed by atoms with van der Waals surface area (Å²) < 4.78 is 68.5. The minimum absolute atomic E-state index is 0.0731. The van der Waals surface area contributed by atoms with Crippen LogP contribution in [-0.4, -0.2) is 96.7 Å². The fraction of sp³-hybridized carbons (Fsp3) is 0.711.